The third kappa shape index (κ3) is 3.90. The monoisotopic (exact) mass is 517 g/mol. The molecule has 1 aliphatic heterocycles. The minimum atomic E-state index is -3.04. The number of aromatic nitrogens is 8. The molecule has 0 bridgehead atoms. The summed E-state index contributed by atoms with van der Waals surface area (Å²) < 4.78 is 32.4. The van der Waals surface area contributed by atoms with E-state index in [0.717, 1.165) is 0 Å². The van der Waals surface area contributed by atoms with Crippen molar-refractivity contribution in [1.82, 2.24) is 39.1 Å². The third-order valence-corrected chi connectivity index (χ3v) is 6.15. The molecule has 1 aliphatic rings. The van der Waals surface area contributed by atoms with Gasteiger partial charge in [-0.2, -0.15) is 18.6 Å². The molecule has 0 saturated carbocycles. The quantitative estimate of drug-likeness (QED) is 0.390. The maximum atomic E-state index is 14.9. The average molecular weight is 518 g/mol. The normalized spacial score (nSPS) is 17.2. The van der Waals surface area contributed by atoms with E-state index < -0.39 is 30.5 Å². The highest BCUT2D eigenvalue weighted by atomic mass is 35.5. The van der Waals surface area contributed by atoms with Crippen LogP contribution in [0.2, 0.25) is 5.02 Å². The van der Waals surface area contributed by atoms with E-state index in [1.54, 1.807) is 30.5 Å². The molecule has 6 heterocycles. The van der Waals surface area contributed by atoms with Crippen molar-refractivity contribution >= 4 is 47.6 Å². The van der Waals surface area contributed by atoms with Crippen molar-refractivity contribution < 1.29 is 8.78 Å². The summed E-state index contributed by atoms with van der Waals surface area (Å²) in [6.45, 7) is -0.564. The molecule has 1 fully saturated rings. The van der Waals surface area contributed by atoms with E-state index in [9.17, 15) is 13.6 Å². The fourth-order valence-electron chi connectivity index (χ4n) is 4.37. The minimum absolute atomic E-state index is 0. The molecule has 1 N–H and O–H groups in total. The number of rotatable bonds is 4. The van der Waals surface area contributed by atoms with Gasteiger partial charge in [-0.25, -0.2) is 28.2 Å². The van der Waals surface area contributed by atoms with Gasteiger partial charge < -0.3 is 9.88 Å². The average Bonchev–Trinajstić information content (AvgIpc) is 3.53. The molecule has 1 atom stereocenters. The second-order valence-electron chi connectivity index (χ2n) is 8.03. The molecule has 5 aromatic rings. The van der Waals surface area contributed by atoms with E-state index in [0.29, 0.717) is 16.9 Å². The van der Waals surface area contributed by atoms with Crippen molar-refractivity contribution in [2.45, 2.75) is 24.9 Å². The summed E-state index contributed by atoms with van der Waals surface area (Å²) in [5.41, 5.74) is 1.07. The van der Waals surface area contributed by atoms with Gasteiger partial charge in [0.05, 0.1) is 36.2 Å². The highest BCUT2D eigenvalue weighted by molar-refractivity contribution is 7.59. The van der Waals surface area contributed by atoms with Gasteiger partial charge in [-0.05, 0) is 18.2 Å². The summed E-state index contributed by atoms with van der Waals surface area (Å²) in [5.74, 6) is -2.63. The lowest BCUT2D eigenvalue weighted by Crippen LogP contribution is -2.34. The van der Waals surface area contributed by atoms with Crippen LogP contribution in [-0.2, 0) is 6.54 Å². The SMILES string of the molecule is O=c1c2c(Cl)ccn2nc([C@@H]2CC(F)(F)CN2c2ncnc3nc[nH]c23)n1Cc1ccccn1.S. The molecule has 0 radical (unpaired) electrons. The Hall–Kier alpha value is -3.58. The summed E-state index contributed by atoms with van der Waals surface area (Å²) in [6.07, 6.45) is 5.28. The first-order chi connectivity index (χ1) is 16.4. The Bertz CT molecular complexity index is 1590. The first-order valence-corrected chi connectivity index (χ1v) is 10.8. The number of H-pyrrole nitrogens is 1. The van der Waals surface area contributed by atoms with Gasteiger partial charge in [0.15, 0.2) is 17.3 Å². The molecule has 35 heavy (non-hydrogen) atoms. The number of aromatic amines is 1. The molecule has 5 aromatic heterocycles. The molecule has 0 amide bonds. The second kappa shape index (κ2) is 8.57. The molecule has 0 unspecified atom stereocenters. The molecular weight excluding hydrogens is 500 g/mol. The van der Waals surface area contributed by atoms with Crippen molar-refractivity contribution in [1.29, 1.82) is 0 Å². The molecular formula is C21H18ClF2N9OS. The minimum Gasteiger partial charge on any atom is -0.340 e. The zero-order valence-corrected chi connectivity index (χ0v) is 19.7. The summed E-state index contributed by atoms with van der Waals surface area (Å²) in [4.78, 5) is 34.6. The number of hydrogen-bond donors (Lipinski definition) is 1. The molecule has 180 valence electrons. The third-order valence-electron chi connectivity index (χ3n) is 5.84. The number of anilines is 1. The number of imidazole rings is 1. The van der Waals surface area contributed by atoms with Crippen LogP contribution in [0.25, 0.3) is 16.7 Å². The van der Waals surface area contributed by atoms with Gasteiger partial charge in [-0.1, -0.05) is 17.7 Å². The van der Waals surface area contributed by atoms with Crippen LogP contribution in [0, 0.1) is 0 Å². The standard InChI is InChI=1S/C21H16ClF2N9O.H2S/c22-13-4-6-33-16(13)20(34)31(8-12-3-1-2-5-25-12)18(30-33)14-7-21(23,24)9-32(14)19-15-17(27-10-26-15)28-11-29-19;/h1-6,10-11,14H,7-9H2,(H,26,27,28,29);1H2/t14-;/m0./s1. The highest BCUT2D eigenvalue weighted by Gasteiger charge is 2.48. The Morgan fingerprint density at radius 2 is 2.03 bits per heavy atom. The van der Waals surface area contributed by atoms with Gasteiger partial charge in [0.2, 0.25) is 0 Å². The lowest BCUT2D eigenvalue weighted by atomic mass is 10.1. The van der Waals surface area contributed by atoms with Crippen molar-refractivity contribution in [2.24, 2.45) is 0 Å². The number of nitrogens with zero attached hydrogens (tertiary/aromatic N) is 8. The van der Waals surface area contributed by atoms with Crippen LogP contribution in [0.3, 0.4) is 0 Å². The summed E-state index contributed by atoms with van der Waals surface area (Å²) >= 11 is 6.24. The number of alkyl halides is 2. The number of halogens is 3. The van der Waals surface area contributed by atoms with Crippen LogP contribution in [-0.4, -0.2) is 51.6 Å². The van der Waals surface area contributed by atoms with Crippen molar-refractivity contribution in [2.75, 3.05) is 11.4 Å². The van der Waals surface area contributed by atoms with E-state index in [1.165, 1.54) is 32.8 Å². The van der Waals surface area contributed by atoms with Crippen LogP contribution in [0.1, 0.15) is 24.0 Å². The first kappa shape index (κ1) is 23.2. The molecule has 0 aliphatic carbocycles. The Balaban J connectivity index is 0.00000253. The van der Waals surface area contributed by atoms with Crippen LogP contribution in [0.4, 0.5) is 14.6 Å². The highest BCUT2D eigenvalue weighted by Crippen LogP contribution is 2.43. The van der Waals surface area contributed by atoms with Gasteiger partial charge in [0.25, 0.3) is 11.5 Å². The van der Waals surface area contributed by atoms with Crippen molar-refractivity contribution in [3.8, 4) is 0 Å². The first-order valence-electron chi connectivity index (χ1n) is 10.4. The number of fused-ring (bicyclic) bond motifs is 2. The fraction of sp³-hybridized carbons (Fsp3) is 0.238. The number of hydrogen-bond acceptors (Lipinski definition) is 7. The fourth-order valence-corrected chi connectivity index (χ4v) is 4.60. The van der Waals surface area contributed by atoms with Gasteiger partial charge in [0, 0.05) is 18.8 Å². The lowest BCUT2D eigenvalue weighted by Gasteiger charge is -2.26. The van der Waals surface area contributed by atoms with Gasteiger partial charge in [-0.3, -0.25) is 14.3 Å². The van der Waals surface area contributed by atoms with Crippen LogP contribution in [0.5, 0.6) is 0 Å². The second-order valence-corrected chi connectivity index (χ2v) is 8.44. The van der Waals surface area contributed by atoms with Crippen molar-refractivity contribution in [3.05, 3.63) is 76.2 Å². The Morgan fingerprint density at radius 3 is 2.83 bits per heavy atom. The van der Waals surface area contributed by atoms with E-state index >= 15 is 0 Å². The molecule has 6 rings (SSSR count). The summed E-state index contributed by atoms with van der Waals surface area (Å²) in [5, 5.41) is 4.79. The van der Waals surface area contributed by atoms with Crippen LogP contribution >= 0.6 is 25.1 Å². The lowest BCUT2D eigenvalue weighted by molar-refractivity contribution is 0.0218. The number of nitrogens with one attached hydrogen (secondary N) is 1. The molecule has 1 saturated heterocycles. The van der Waals surface area contributed by atoms with Gasteiger partial charge in [-0.15, -0.1) is 0 Å². The Kier molecular flexibility index (Phi) is 5.68. The van der Waals surface area contributed by atoms with Crippen LogP contribution < -0.4 is 10.5 Å². The smallest absolute Gasteiger partial charge is 0.279 e. The zero-order valence-electron chi connectivity index (χ0n) is 17.9. The van der Waals surface area contributed by atoms with Crippen LogP contribution in [0.15, 0.2) is 54.1 Å². The predicted molar refractivity (Wildman–Crippen MR) is 130 cm³/mol. The molecule has 14 heteroatoms. The Labute approximate surface area is 208 Å². The van der Waals surface area contributed by atoms with E-state index in [-0.39, 0.29) is 42.2 Å². The van der Waals surface area contributed by atoms with E-state index in [2.05, 4.69) is 30.0 Å². The predicted octanol–water partition coefficient (Wildman–Crippen LogP) is 2.96. The van der Waals surface area contributed by atoms with E-state index in [4.69, 9.17) is 11.6 Å². The largest absolute Gasteiger partial charge is 0.340 e. The topological polar surface area (TPSA) is 110 Å². The molecule has 10 nitrogen and oxygen atoms in total. The maximum absolute atomic E-state index is 14.9. The molecule has 0 aromatic carbocycles. The maximum Gasteiger partial charge on any atom is 0.279 e. The van der Waals surface area contributed by atoms with Gasteiger partial charge >= 0.3 is 0 Å². The Morgan fingerprint density at radius 1 is 1.17 bits per heavy atom. The summed E-state index contributed by atoms with van der Waals surface area (Å²) in [6, 6.07) is 5.87. The van der Waals surface area contributed by atoms with Gasteiger partial charge in [0.1, 0.15) is 17.4 Å². The molecule has 0 spiro atoms. The van der Waals surface area contributed by atoms with Crippen molar-refractivity contribution in [3.63, 3.8) is 0 Å². The zero-order chi connectivity index (χ0) is 23.4. The summed E-state index contributed by atoms with van der Waals surface area (Å²) in [7, 11) is 0. The number of pyridine rings is 1. The van der Waals surface area contributed by atoms with E-state index in [1.807, 2.05) is 0 Å².